The number of benzene rings is 3. The molecule has 0 unspecified atom stereocenters. The number of hydrogen-bond donors (Lipinski definition) is 1. The maximum absolute atomic E-state index is 15.1. The second kappa shape index (κ2) is 8.48. The van der Waals surface area contributed by atoms with Crippen LogP contribution in [0.1, 0.15) is 10.4 Å². The van der Waals surface area contributed by atoms with Crippen molar-refractivity contribution in [1.82, 2.24) is 14.5 Å². The Morgan fingerprint density at radius 1 is 1.15 bits per heavy atom. The molecule has 1 heterocycles. The van der Waals surface area contributed by atoms with Crippen molar-refractivity contribution in [1.29, 1.82) is 0 Å². The number of amides is 1. The molecule has 0 aliphatic heterocycles. The SMILES string of the molecule is [C-]#[N+]c1cccc(-c2nn(-c3cc(Cl)c(C(=O)NS(C)(=O)=O)cc3F)c3ccc(Cl)cc23)c1. The summed E-state index contributed by atoms with van der Waals surface area (Å²) in [5.41, 5.74) is 1.61. The zero-order valence-electron chi connectivity index (χ0n) is 16.8. The molecule has 4 rings (SSSR count). The van der Waals surface area contributed by atoms with Gasteiger partial charge in [0.25, 0.3) is 5.91 Å². The first-order valence-corrected chi connectivity index (χ1v) is 11.9. The van der Waals surface area contributed by atoms with Crippen LogP contribution in [-0.4, -0.2) is 30.4 Å². The molecule has 1 aromatic heterocycles. The predicted octanol–water partition coefficient (Wildman–Crippen LogP) is 5.38. The minimum atomic E-state index is -3.86. The Hall–Kier alpha value is -3.45. The molecule has 0 bridgehead atoms. The van der Waals surface area contributed by atoms with E-state index in [0.29, 0.717) is 32.9 Å². The van der Waals surface area contributed by atoms with E-state index in [-0.39, 0.29) is 16.3 Å². The number of sulfonamides is 1. The van der Waals surface area contributed by atoms with Gasteiger partial charge in [0.15, 0.2) is 5.69 Å². The zero-order chi connectivity index (χ0) is 23.9. The molecule has 0 saturated carbocycles. The topological polar surface area (TPSA) is 85.4 Å². The molecule has 1 N–H and O–H groups in total. The van der Waals surface area contributed by atoms with Crippen molar-refractivity contribution < 1.29 is 17.6 Å². The van der Waals surface area contributed by atoms with Crippen LogP contribution in [0.5, 0.6) is 0 Å². The van der Waals surface area contributed by atoms with Crippen LogP contribution < -0.4 is 4.72 Å². The van der Waals surface area contributed by atoms with E-state index in [4.69, 9.17) is 29.8 Å². The number of halogens is 3. The fourth-order valence-corrected chi connectivity index (χ4v) is 4.17. The van der Waals surface area contributed by atoms with Gasteiger partial charge in [0.2, 0.25) is 10.0 Å². The van der Waals surface area contributed by atoms with Gasteiger partial charge in [-0.05, 0) is 42.0 Å². The fraction of sp³-hybridized carbons (Fsp3) is 0.0455. The molecule has 0 radical (unpaired) electrons. The molecule has 0 aliphatic carbocycles. The monoisotopic (exact) mass is 502 g/mol. The van der Waals surface area contributed by atoms with Crippen LogP contribution in [0.25, 0.3) is 32.7 Å². The van der Waals surface area contributed by atoms with Crippen LogP contribution in [0.2, 0.25) is 10.0 Å². The second-order valence-corrected chi connectivity index (χ2v) is 9.66. The van der Waals surface area contributed by atoms with Crippen LogP contribution >= 0.6 is 23.2 Å². The molecule has 0 spiro atoms. The van der Waals surface area contributed by atoms with Crippen molar-refractivity contribution in [3.8, 4) is 16.9 Å². The van der Waals surface area contributed by atoms with Crippen molar-refractivity contribution in [2.75, 3.05) is 6.26 Å². The van der Waals surface area contributed by atoms with E-state index in [1.54, 1.807) is 47.2 Å². The molecular weight excluding hydrogens is 490 g/mol. The van der Waals surface area contributed by atoms with Crippen molar-refractivity contribution >= 4 is 55.7 Å². The fourth-order valence-electron chi connectivity index (χ4n) is 3.31. The van der Waals surface area contributed by atoms with Crippen molar-refractivity contribution in [3.05, 3.63) is 87.4 Å². The molecule has 7 nitrogen and oxygen atoms in total. The first-order valence-electron chi connectivity index (χ1n) is 9.25. The molecule has 0 saturated heterocycles. The van der Waals surface area contributed by atoms with Crippen LogP contribution in [-0.2, 0) is 10.0 Å². The highest BCUT2D eigenvalue weighted by atomic mass is 35.5. The standard InChI is InChI=1S/C22H13Cl2FN4O3S/c1-26-14-5-3-4-12(8-14)21-16-9-13(23)6-7-19(16)29(27-21)20-11-17(24)15(10-18(20)25)22(30)28-33(2,31)32/h3-11H,2H3,(H,28,30). The summed E-state index contributed by atoms with van der Waals surface area (Å²) in [5.74, 6) is -1.90. The molecule has 0 aliphatic rings. The van der Waals surface area contributed by atoms with Gasteiger partial charge in [-0.2, -0.15) is 5.10 Å². The average molecular weight is 503 g/mol. The largest absolute Gasteiger partial charge is 0.268 e. The van der Waals surface area contributed by atoms with E-state index in [2.05, 4.69) is 9.94 Å². The smallest absolute Gasteiger partial charge is 0.266 e. The molecule has 33 heavy (non-hydrogen) atoms. The number of rotatable bonds is 4. The van der Waals surface area contributed by atoms with Gasteiger partial charge in [-0.1, -0.05) is 41.4 Å². The Balaban J connectivity index is 1.91. The van der Waals surface area contributed by atoms with E-state index in [9.17, 15) is 13.2 Å². The maximum Gasteiger partial charge on any atom is 0.266 e. The molecule has 11 heteroatoms. The number of nitrogens with one attached hydrogen (secondary N) is 1. The third kappa shape index (κ3) is 4.54. The third-order valence-corrected chi connectivity index (χ3v) is 5.78. The Morgan fingerprint density at radius 2 is 1.91 bits per heavy atom. The van der Waals surface area contributed by atoms with E-state index >= 15 is 4.39 Å². The van der Waals surface area contributed by atoms with E-state index in [0.717, 1.165) is 12.3 Å². The Kier molecular flexibility index (Phi) is 5.84. The summed E-state index contributed by atoms with van der Waals surface area (Å²) in [4.78, 5) is 15.6. The maximum atomic E-state index is 15.1. The van der Waals surface area contributed by atoms with Gasteiger partial charge in [0.05, 0.1) is 34.6 Å². The summed E-state index contributed by atoms with van der Waals surface area (Å²) >= 11 is 12.4. The summed E-state index contributed by atoms with van der Waals surface area (Å²) < 4.78 is 40.9. The minimum absolute atomic E-state index is 0.0594. The van der Waals surface area contributed by atoms with Gasteiger partial charge in [-0.25, -0.2) is 27.1 Å². The highest BCUT2D eigenvalue weighted by molar-refractivity contribution is 7.89. The lowest BCUT2D eigenvalue weighted by atomic mass is 10.1. The normalized spacial score (nSPS) is 11.4. The van der Waals surface area contributed by atoms with Crippen molar-refractivity contribution in [2.24, 2.45) is 0 Å². The minimum Gasteiger partial charge on any atom is -0.268 e. The molecule has 1 amide bonds. The Labute approximate surface area is 198 Å². The first kappa shape index (κ1) is 22.7. The summed E-state index contributed by atoms with van der Waals surface area (Å²) in [6.45, 7) is 7.24. The lowest BCUT2D eigenvalue weighted by Gasteiger charge is -2.10. The molecule has 0 atom stereocenters. The Morgan fingerprint density at radius 3 is 2.61 bits per heavy atom. The van der Waals surface area contributed by atoms with Gasteiger partial charge in [-0.15, -0.1) is 0 Å². The van der Waals surface area contributed by atoms with Crippen LogP contribution in [0.4, 0.5) is 10.1 Å². The van der Waals surface area contributed by atoms with Crippen LogP contribution in [0, 0.1) is 12.4 Å². The van der Waals surface area contributed by atoms with E-state index in [1.807, 2.05) is 0 Å². The molecule has 166 valence electrons. The zero-order valence-corrected chi connectivity index (χ0v) is 19.1. The lowest BCUT2D eigenvalue weighted by Crippen LogP contribution is -2.29. The highest BCUT2D eigenvalue weighted by Gasteiger charge is 2.21. The quantitative estimate of drug-likeness (QED) is 0.379. The van der Waals surface area contributed by atoms with Gasteiger partial charge in [0.1, 0.15) is 11.5 Å². The summed E-state index contributed by atoms with van der Waals surface area (Å²) in [5, 5.41) is 5.43. The number of aromatic nitrogens is 2. The third-order valence-electron chi connectivity index (χ3n) is 4.68. The molecular formula is C22H13Cl2FN4O3S. The van der Waals surface area contributed by atoms with Gasteiger partial charge in [-0.3, -0.25) is 4.79 Å². The second-order valence-electron chi connectivity index (χ2n) is 7.07. The van der Waals surface area contributed by atoms with Gasteiger partial charge >= 0.3 is 0 Å². The Bertz CT molecular complexity index is 1590. The first-order chi connectivity index (χ1) is 15.6. The highest BCUT2D eigenvalue weighted by Crippen LogP contribution is 2.34. The molecule has 4 aromatic rings. The molecule has 0 fully saturated rings. The number of hydrogen-bond acceptors (Lipinski definition) is 4. The van der Waals surface area contributed by atoms with Crippen LogP contribution in [0.15, 0.2) is 54.6 Å². The summed E-state index contributed by atoms with van der Waals surface area (Å²) in [7, 11) is -3.86. The van der Waals surface area contributed by atoms with Crippen molar-refractivity contribution in [3.63, 3.8) is 0 Å². The number of carbonyl (C=O) groups is 1. The van der Waals surface area contributed by atoms with Crippen molar-refractivity contribution in [2.45, 2.75) is 0 Å². The number of nitrogens with zero attached hydrogens (tertiary/aromatic N) is 3. The summed E-state index contributed by atoms with van der Waals surface area (Å²) in [6, 6.07) is 13.8. The predicted molar refractivity (Wildman–Crippen MR) is 125 cm³/mol. The average Bonchev–Trinajstić information content (AvgIpc) is 3.12. The number of carbonyl (C=O) groups excluding carboxylic acids is 1. The van der Waals surface area contributed by atoms with Gasteiger partial charge < -0.3 is 0 Å². The van der Waals surface area contributed by atoms with Gasteiger partial charge in [0, 0.05) is 10.4 Å². The number of fused-ring (bicyclic) bond motifs is 1. The van der Waals surface area contributed by atoms with E-state index < -0.39 is 21.7 Å². The van der Waals surface area contributed by atoms with E-state index in [1.165, 1.54) is 10.7 Å². The summed E-state index contributed by atoms with van der Waals surface area (Å²) in [6.07, 6.45) is 0.801. The van der Waals surface area contributed by atoms with Crippen LogP contribution in [0.3, 0.4) is 0 Å². The molecule has 3 aromatic carbocycles. The lowest BCUT2D eigenvalue weighted by molar-refractivity contribution is 0.0981.